The van der Waals surface area contributed by atoms with Crippen molar-refractivity contribution in [2.24, 2.45) is 0 Å². The molecule has 0 unspecified atom stereocenters. The zero-order valence-electron chi connectivity index (χ0n) is 79.8. The number of nitrogens with zero attached hydrogens (tertiary/aromatic N) is 2. The van der Waals surface area contributed by atoms with Crippen LogP contribution in [0.3, 0.4) is 0 Å². The van der Waals surface area contributed by atoms with Crippen LogP contribution < -0.4 is 92.8 Å². The molecule has 0 fully saturated rings. The summed E-state index contributed by atoms with van der Waals surface area (Å²) in [6, 6.07) is 234. The van der Waals surface area contributed by atoms with Crippen molar-refractivity contribution in [3.05, 3.63) is 619 Å². The van der Waals surface area contributed by atoms with Gasteiger partial charge in [-0.2, -0.15) is 0 Å². The van der Waals surface area contributed by atoms with Crippen LogP contribution in [-0.2, 0) is 0 Å². The van der Waals surface area contributed by atoms with Crippen molar-refractivity contribution in [1.29, 1.82) is 0 Å². The molecule has 0 amide bonds. The molecule has 0 aliphatic rings. The minimum Gasteiger partial charge on any atom is -0.310 e. The Morgan fingerprint density at radius 3 is 0.500 bits per heavy atom. The van der Waals surface area contributed by atoms with Gasteiger partial charge < -0.3 is 9.80 Å². The highest BCUT2D eigenvalue weighted by molar-refractivity contribution is 7.22. The second-order valence-electron chi connectivity index (χ2n) is 37.6. The predicted molar refractivity (Wildman–Crippen MR) is 625 cm³/mol. The van der Waals surface area contributed by atoms with Crippen molar-refractivity contribution in [3.8, 4) is 44.5 Å². The van der Waals surface area contributed by atoms with Gasteiger partial charge in [-0.3, -0.25) is 0 Å². The highest BCUT2D eigenvalue weighted by Crippen LogP contribution is 2.46. The van der Waals surface area contributed by atoms with Gasteiger partial charge in [0.15, 0.2) is 32.3 Å². The molecule has 6 heteroatoms. The van der Waals surface area contributed by atoms with Gasteiger partial charge in [0.25, 0.3) is 0 Å². The zero-order chi connectivity index (χ0) is 96.1. The van der Waals surface area contributed by atoms with E-state index in [1.807, 2.05) is 0 Å². The Morgan fingerprint density at radius 1 is 0.0972 bits per heavy atom. The Hall–Kier alpha value is -17.5. The van der Waals surface area contributed by atoms with Gasteiger partial charge in [0.1, 0.15) is 0 Å². The molecule has 0 spiro atoms. The first-order valence-corrected chi connectivity index (χ1v) is 57.9. The third-order valence-electron chi connectivity index (χ3n) is 29.8. The van der Waals surface area contributed by atoms with Crippen molar-refractivity contribution >= 4 is 182 Å². The molecule has 24 aromatic rings. The fourth-order valence-corrected chi connectivity index (χ4v) is 42.6. The van der Waals surface area contributed by atoms with E-state index in [1.54, 1.807) is 0 Å². The number of fused-ring (bicyclic) bond motifs is 5. The maximum Gasteiger partial charge on any atom is 0.179 e. The largest absolute Gasteiger partial charge is 0.310 e. The SMILES string of the molecule is c1ccc([Si](c2ccccc2)(c2ccccc2)c2cccc(-c3cccc(N(c4ccc(-c5cc6c7ccccc7c(-c7ccc(N(c8cccc(-c9cccc([Si](c%10ccccc%10)(c%10ccccc%10)c%10ccccc%10)c9)c8)c8cccc([Si](c9ccccc9)(c9ccccc9)c9ccccc9)c8)cc7)cc6c6ccccc56)cc4)c4cccc([Si](c5ccccc5)(c5ccccc5)c5ccccc5)c4)c3)c2)cc1. The maximum absolute atomic E-state index is 3.02. The number of hydrogen-bond donors (Lipinski definition) is 0. The van der Waals surface area contributed by atoms with Crippen molar-refractivity contribution in [1.82, 2.24) is 0 Å². The Bertz CT molecular complexity index is 7740. The van der Waals surface area contributed by atoms with E-state index in [1.165, 1.54) is 126 Å². The van der Waals surface area contributed by atoms with Crippen molar-refractivity contribution in [2.45, 2.75) is 0 Å². The van der Waals surface area contributed by atoms with Crippen LogP contribution >= 0.6 is 0 Å². The molecule has 0 aliphatic carbocycles. The molecule has 0 saturated heterocycles. The molecular weight excluding hydrogens is 1800 g/mol. The molecule has 24 rings (SSSR count). The Labute approximate surface area is 848 Å². The lowest BCUT2D eigenvalue weighted by Gasteiger charge is -2.35. The minimum absolute atomic E-state index is 1.04. The molecule has 144 heavy (non-hydrogen) atoms. The summed E-state index contributed by atoms with van der Waals surface area (Å²) in [5, 5.41) is 28.4. The van der Waals surface area contributed by atoms with E-state index >= 15 is 0 Å². The molecule has 0 aliphatic heterocycles. The average molecular weight is 1900 g/mol. The first-order valence-electron chi connectivity index (χ1n) is 49.9. The van der Waals surface area contributed by atoms with E-state index in [-0.39, 0.29) is 0 Å². The number of hydrogen-bond acceptors (Lipinski definition) is 2. The second kappa shape index (κ2) is 39.3. The van der Waals surface area contributed by atoms with Gasteiger partial charge in [0.2, 0.25) is 0 Å². The Kier molecular flexibility index (Phi) is 24.3. The highest BCUT2D eigenvalue weighted by Gasteiger charge is 2.46. The molecule has 0 bridgehead atoms. The van der Waals surface area contributed by atoms with Crippen LogP contribution in [0, 0.1) is 0 Å². The third-order valence-corrected chi connectivity index (χ3v) is 48.9. The zero-order valence-corrected chi connectivity index (χ0v) is 83.8. The lowest BCUT2D eigenvalue weighted by atomic mass is 9.87. The average Bonchev–Trinajstić information content (AvgIpc) is 0.744. The van der Waals surface area contributed by atoms with Crippen LogP contribution in [0.15, 0.2) is 619 Å². The smallest absolute Gasteiger partial charge is 0.179 e. The third kappa shape index (κ3) is 16.0. The Balaban J connectivity index is 0.638. The van der Waals surface area contributed by atoms with E-state index in [4.69, 9.17) is 0 Å². The predicted octanol–water partition coefficient (Wildman–Crippen LogP) is 24.3. The monoisotopic (exact) mass is 1900 g/mol. The molecule has 24 aromatic carbocycles. The molecule has 0 atom stereocenters. The van der Waals surface area contributed by atoms with Gasteiger partial charge in [0.05, 0.1) is 0 Å². The maximum atomic E-state index is 2.51. The van der Waals surface area contributed by atoms with E-state index in [9.17, 15) is 0 Å². The van der Waals surface area contributed by atoms with E-state index < -0.39 is 32.3 Å². The molecule has 0 heterocycles. The quantitative estimate of drug-likeness (QED) is 0.0303. The first-order chi connectivity index (χ1) is 71.4. The summed E-state index contributed by atoms with van der Waals surface area (Å²) in [6.07, 6.45) is 0. The first kappa shape index (κ1) is 89.2. The molecule has 680 valence electrons. The summed E-state index contributed by atoms with van der Waals surface area (Å²) in [6.45, 7) is 0. The van der Waals surface area contributed by atoms with Crippen LogP contribution in [0.1, 0.15) is 0 Å². The summed E-state index contributed by atoms with van der Waals surface area (Å²) in [4.78, 5) is 5.00. The summed E-state index contributed by atoms with van der Waals surface area (Å²) >= 11 is 0. The second-order valence-corrected chi connectivity index (χ2v) is 52.8. The summed E-state index contributed by atoms with van der Waals surface area (Å²) < 4.78 is 0. The van der Waals surface area contributed by atoms with Gasteiger partial charge in [-0.1, -0.05) is 534 Å². The van der Waals surface area contributed by atoms with Crippen LogP contribution in [-0.4, -0.2) is 32.3 Å². The molecular formula is C138H102N2Si4. The van der Waals surface area contributed by atoms with Gasteiger partial charge in [-0.15, -0.1) is 0 Å². The normalized spacial score (nSPS) is 11.8. The van der Waals surface area contributed by atoms with Gasteiger partial charge >= 0.3 is 0 Å². The summed E-state index contributed by atoms with van der Waals surface area (Å²) in [5.74, 6) is 0. The number of benzene rings is 24. The van der Waals surface area contributed by atoms with Gasteiger partial charge in [0, 0.05) is 34.1 Å². The summed E-state index contributed by atoms with van der Waals surface area (Å²) in [5.41, 5.74) is 15.5. The van der Waals surface area contributed by atoms with Crippen molar-refractivity contribution < 1.29 is 0 Å². The molecule has 0 saturated carbocycles. The van der Waals surface area contributed by atoms with Crippen LogP contribution in [0.5, 0.6) is 0 Å². The summed E-state index contributed by atoms with van der Waals surface area (Å²) in [7, 11) is -11.8. The lowest BCUT2D eigenvalue weighted by Crippen LogP contribution is -2.74. The highest BCUT2D eigenvalue weighted by atomic mass is 28.3. The molecule has 0 N–H and O–H groups in total. The van der Waals surface area contributed by atoms with Gasteiger partial charge in [-0.25, -0.2) is 0 Å². The van der Waals surface area contributed by atoms with Crippen molar-refractivity contribution in [2.75, 3.05) is 9.80 Å². The Morgan fingerprint density at radius 2 is 0.271 bits per heavy atom. The van der Waals surface area contributed by atoms with Crippen molar-refractivity contribution in [3.63, 3.8) is 0 Å². The molecule has 2 nitrogen and oxygen atoms in total. The van der Waals surface area contributed by atoms with E-state index in [2.05, 4.69) is 629 Å². The number of rotatable bonds is 26. The fourth-order valence-electron chi connectivity index (χ4n) is 23.4. The fraction of sp³-hybridized carbons (Fsp3) is 0. The van der Waals surface area contributed by atoms with Crippen LogP contribution in [0.25, 0.3) is 76.8 Å². The topological polar surface area (TPSA) is 6.48 Å². The minimum atomic E-state index is -3.02. The molecule has 0 aromatic heterocycles. The standard InChI is InChI=1S/C138H102N2Si4/c1-13-55-115(56-14-1)141(116-57-15-2-16-58-116,117-59-17-3-18-60-117)127-79-43-49-107(97-127)105-47-41-51-111(95-105)139(113-53-45-81-129(99-113)143(121-67-25-7-26-68-121,122-69-27-8-28-70-122)123-71-29-9-30-72-123)109-91-87-103(88-92-109)135-101-137-134-86-40-38-84-132(134)136(102-138(137)133-85-39-37-83-131(133)135)104-89-93-110(94-90-104)140(114-54-46-82-130(100-114)144(124-73-31-10-32-74-124,125-75-33-11-34-76-125)126-77-35-12-36-78-126)112-52-42-48-106(96-112)108-50-44-80-128(98-108)142(118-61-19-4-20-62-118,119-63-21-5-22-64-119)120-65-23-6-24-66-120/h1-102H. The lowest BCUT2D eigenvalue weighted by molar-refractivity contribution is 1.29. The molecule has 0 radical (unpaired) electrons. The van der Waals surface area contributed by atoms with E-state index in [0.717, 1.165) is 67.5 Å². The van der Waals surface area contributed by atoms with Crippen LogP contribution in [0.2, 0.25) is 0 Å². The van der Waals surface area contributed by atoms with Gasteiger partial charge in [-0.05, 0) is 245 Å². The number of anilines is 6. The van der Waals surface area contributed by atoms with Crippen LogP contribution in [0.4, 0.5) is 34.1 Å². The van der Waals surface area contributed by atoms with E-state index in [0.29, 0.717) is 0 Å².